The maximum absolute atomic E-state index is 12.0. The van der Waals surface area contributed by atoms with Gasteiger partial charge in [0.05, 0.1) is 26.3 Å². The van der Waals surface area contributed by atoms with Gasteiger partial charge in [-0.05, 0) is 31.7 Å². The van der Waals surface area contributed by atoms with E-state index in [0.29, 0.717) is 18.0 Å². The summed E-state index contributed by atoms with van der Waals surface area (Å²) in [6.45, 7) is 5.59. The van der Waals surface area contributed by atoms with Gasteiger partial charge in [0.1, 0.15) is 5.01 Å². The van der Waals surface area contributed by atoms with Gasteiger partial charge in [0.2, 0.25) is 5.91 Å². The Labute approximate surface area is 152 Å². The highest BCUT2D eigenvalue weighted by Crippen LogP contribution is 2.33. The van der Waals surface area contributed by atoms with Crippen molar-refractivity contribution >= 4 is 17.2 Å². The van der Waals surface area contributed by atoms with Crippen molar-refractivity contribution in [2.24, 2.45) is 0 Å². The maximum atomic E-state index is 12.0. The minimum absolute atomic E-state index is 0.0195. The van der Waals surface area contributed by atoms with Crippen LogP contribution in [0.2, 0.25) is 0 Å². The van der Waals surface area contributed by atoms with Crippen LogP contribution in [0.15, 0.2) is 23.6 Å². The third kappa shape index (κ3) is 5.44. The number of thiazole rings is 1. The Bertz CT molecular complexity index is 703. The molecule has 0 bridgehead atoms. The fourth-order valence-corrected chi connectivity index (χ4v) is 3.22. The zero-order valence-electron chi connectivity index (χ0n) is 15.1. The van der Waals surface area contributed by atoms with E-state index in [9.17, 15) is 4.79 Å². The summed E-state index contributed by atoms with van der Waals surface area (Å²) >= 11 is 1.51. The molecule has 0 saturated carbocycles. The molecule has 0 saturated heterocycles. The number of benzene rings is 1. The van der Waals surface area contributed by atoms with E-state index in [2.05, 4.69) is 15.6 Å². The summed E-state index contributed by atoms with van der Waals surface area (Å²) < 4.78 is 10.6. The SMILES string of the molecule is CCN[C@H](C)CNC(=O)Cc1csc(-c2ccc(OC)c(OC)c2)n1. The molecule has 7 heteroatoms. The van der Waals surface area contributed by atoms with Crippen molar-refractivity contribution in [1.82, 2.24) is 15.6 Å². The number of aromatic nitrogens is 1. The van der Waals surface area contributed by atoms with Crippen molar-refractivity contribution in [3.63, 3.8) is 0 Å². The first-order chi connectivity index (χ1) is 12.1. The number of nitrogens with zero attached hydrogens (tertiary/aromatic N) is 1. The van der Waals surface area contributed by atoms with Crippen LogP contribution in [0.1, 0.15) is 19.5 Å². The highest BCUT2D eigenvalue weighted by Gasteiger charge is 2.12. The van der Waals surface area contributed by atoms with E-state index in [1.807, 2.05) is 37.4 Å². The van der Waals surface area contributed by atoms with Crippen LogP contribution in [0.5, 0.6) is 11.5 Å². The first-order valence-corrected chi connectivity index (χ1v) is 9.12. The fourth-order valence-electron chi connectivity index (χ4n) is 2.40. The Morgan fingerprint density at radius 2 is 2.04 bits per heavy atom. The molecule has 0 aliphatic heterocycles. The van der Waals surface area contributed by atoms with Crippen molar-refractivity contribution in [3.05, 3.63) is 29.3 Å². The average molecular weight is 363 g/mol. The van der Waals surface area contributed by atoms with Gasteiger partial charge in [-0.25, -0.2) is 4.98 Å². The summed E-state index contributed by atoms with van der Waals surface area (Å²) in [6.07, 6.45) is 0.280. The summed E-state index contributed by atoms with van der Waals surface area (Å²) in [4.78, 5) is 16.6. The van der Waals surface area contributed by atoms with Crippen LogP contribution < -0.4 is 20.1 Å². The number of likely N-dealkylation sites (N-methyl/N-ethyl adjacent to an activating group) is 1. The standard InChI is InChI=1S/C18H25N3O3S/c1-5-19-12(2)10-20-17(22)9-14-11-25-18(21-14)13-6-7-15(23-3)16(8-13)24-4/h6-8,11-12,19H,5,9-10H2,1-4H3,(H,20,22)/t12-/m1/s1. The highest BCUT2D eigenvalue weighted by atomic mass is 32.1. The first kappa shape index (κ1) is 19.2. The molecule has 25 heavy (non-hydrogen) atoms. The lowest BCUT2D eigenvalue weighted by molar-refractivity contribution is -0.120. The second-order valence-corrected chi connectivity index (χ2v) is 6.51. The van der Waals surface area contributed by atoms with Crippen LogP contribution in [0.3, 0.4) is 0 Å². The number of hydrogen-bond donors (Lipinski definition) is 2. The Morgan fingerprint density at radius 3 is 2.72 bits per heavy atom. The molecule has 0 fully saturated rings. The molecule has 136 valence electrons. The van der Waals surface area contributed by atoms with Gasteiger partial charge < -0.3 is 20.1 Å². The number of ether oxygens (including phenoxy) is 2. The third-order valence-electron chi connectivity index (χ3n) is 3.68. The molecular formula is C18H25N3O3S. The minimum atomic E-state index is -0.0195. The maximum Gasteiger partial charge on any atom is 0.226 e. The van der Waals surface area contributed by atoms with Crippen molar-refractivity contribution in [3.8, 4) is 22.1 Å². The molecule has 1 heterocycles. The van der Waals surface area contributed by atoms with Crippen molar-refractivity contribution in [2.75, 3.05) is 27.3 Å². The zero-order valence-corrected chi connectivity index (χ0v) is 15.9. The van der Waals surface area contributed by atoms with Gasteiger partial charge in [-0.3, -0.25) is 4.79 Å². The predicted molar refractivity (Wildman–Crippen MR) is 101 cm³/mol. The van der Waals surface area contributed by atoms with Gasteiger partial charge in [0.25, 0.3) is 0 Å². The second kappa shape index (κ2) is 9.39. The number of methoxy groups -OCH3 is 2. The molecule has 2 rings (SSSR count). The lowest BCUT2D eigenvalue weighted by atomic mass is 10.2. The summed E-state index contributed by atoms with van der Waals surface area (Å²) in [6, 6.07) is 5.93. The number of carbonyl (C=O) groups excluding carboxylic acids is 1. The van der Waals surface area contributed by atoms with Crippen LogP contribution in [-0.2, 0) is 11.2 Å². The summed E-state index contributed by atoms with van der Waals surface area (Å²) in [5.41, 5.74) is 1.71. The average Bonchev–Trinajstić information content (AvgIpc) is 3.08. The fraction of sp³-hybridized carbons (Fsp3) is 0.444. The van der Waals surface area contributed by atoms with Crippen LogP contribution in [0, 0.1) is 0 Å². The van der Waals surface area contributed by atoms with E-state index in [1.165, 1.54) is 11.3 Å². The molecule has 1 atom stereocenters. The van der Waals surface area contributed by atoms with Gasteiger partial charge in [-0.2, -0.15) is 0 Å². The highest BCUT2D eigenvalue weighted by molar-refractivity contribution is 7.13. The van der Waals surface area contributed by atoms with Gasteiger partial charge in [-0.15, -0.1) is 11.3 Å². The molecule has 0 spiro atoms. The van der Waals surface area contributed by atoms with Gasteiger partial charge in [-0.1, -0.05) is 6.92 Å². The minimum Gasteiger partial charge on any atom is -0.493 e. The third-order valence-corrected chi connectivity index (χ3v) is 4.62. The summed E-state index contributed by atoms with van der Waals surface area (Å²) in [5.74, 6) is 1.32. The molecule has 2 aromatic rings. The molecule has 0 radical (unpaired) electrons. The van der Waals surface area contributed by atoms with E-state index < -0.39 is 0 Å². The van der Waals surface area contributed by atoms with Crippen LogP contribution >= 0.6 is 11.3 Å². The molecule has 2 N–H and O–H groups in total. The quantitative estimate of drug-likeness (QED) is 0.716. The summed E-state index contributed by atoms with van der Waals surface area (Å²) in [7, 11) is 3.21. The molecule has 1 aromatic heterocycles. The molecule has 0 unspecified atom stereocenters. The second-order valence-electron chi connectivity index (χ2n) is 5.65. The largest absolute Gasteiger partial charge is 0.493 e. The number of carbonyl (C=O) groups is 1. The van der Waals surface area contributed by atoms with Crippen LogP contribution in [0.25, 0.3) is 10.6 Å². The smallest absolute Gasteiger partial charge is 0.226 e. The van der Waals surface area contributed by atoms with Crippen LogP contribution in [-0.4, -0.2) is 44.2 Å². The Balaban J connectivity index is 1.99. The number of nitrogens with one attached hydrogen (secondary N) is 2. The zero-order chi connectivity index (χ0) is 18.2. The lowest BCUT2D eigenvalue weighted by Crippen LogP contribution is -2.39. The monoisotopic (exact) mass is 363 g/mol. The first-order valence-electron chi connectivity index (χ1n) is 8.24. The van der Waals surface area contributed by atoms with E-state index in [4.69, 9.17) is 9.47 Å². The van der Waals surface area contributed by atoms with E-state index >= 15 is 0 Å². The lowest BCUT2D eigenvalue weighted by Gasteiger charge is -2.12. The number of amides is 1. The van der Waals surface area contributed by atoms with Gasteiger partial charge >= 0.3 is 0 Å². The Hall–Kier alpha value is -2.12. The Kier molecular flexibility index (Phi) is 7.21. The molecule has 0 aliphatic carbocycles. The van der Waals surface area contributed by atoms with Crippen molar-refractivity contribution in [1.29, 1.82) is 0 Å². The number of rotatable bonds is 9. The van der Waals surface area contributed by atoms with E-state index in [-0.39, 0.29) is 18.4 Å². The van der Waals surface area contributed by atoms with E-state index in [0.717, 1.165) is 22.8 Å². The van der Waals surface area contributed by atoms with Gasteiger partial charge in [0, 0.05) is 23.5 Å². The van der Waals surface area contributed by atoms with Crippen molar-refractivity contribution < 1.29 is 14.3 Å². The Morgan fingerprint density at radius 1 is 1.28 bits per heavy atom. The molecule has 6 nitrogen and oxygen atoms in total. The number of hydrogen-bond acceptors (Lipinski definition) is 6. The summed E-state index contributed by atoms with van der Waals surface area (Å²) in [5, 5.41) is 8.95. The molecule has 0 aliphatic rings. The predicted octanol–water partition coefficient (Wildman–Crippen LogP) is 2.48. The van der Waals surface area contributed by atoms with E-state index in [1.54, 1.807) is 14.2 Å². The normalized spacial score (nSPS) is 11.8. The van der Waals surface area contributed by atoms with Gasteiger partial charge in [0.15, 0.2) is 11.5 Å². The van der Waals surface area contributed by atoms with Crippen LogP contribution in [0.4, 0.5) is 0 Å². The molecule has 1 aromatic carbocycles. The topological polar surface area (TPSA) is 72.5 Å². The molecule has 1 amide bonds. The molecular weight excluding hydrogens is 338 g/mol. The van der Waals surface area contributed by atoms with Crippen molar-refractivity contribution in [2.45, 2.75) is 26.3 Å².